The molecule has 7 nitrogen and oxygen atoms in total. The smallest absolute Gasteiger partial charge is 0.410 e. The molecule has 1 aliphatic heterocycles. The van der Waals surface area contributed by atoms with Crippen LogP contribution in [0.1, 0.15) is 71.1 Å². The molecule has 0 spiro atoms. The Hall–Kier alpha value is -2.72. The molecule has 1 aromatic heterocycles. The Morgan fingerprint density at radius 2 is 2.03 bits per heavy atom. The monoisotopic (exact) mass is 468 g/mol. The Balaban J connectivity index is 1.34. The first kappa shape index (κ1) is 24.4. The number of benzene rings is 1. The van der Waals surface area contributed by atoms with Gasteiger partial charge in [0.05, 0.1) is 23.3 Å². The van der Waals surface area contributed by atoms with Gasteiger partial charge < -0.3 is 24.0 Å². The summed E-state index contributed by atoms with van der Waals surface area (Å²) in [4.78, 5) is 14.1. The van der Waals surface area contributed by atoms with Crippen molar-refractivity contribution in [1.29, 1.82) is 0 Å². The van der Waals surface area contributed by atoms with Crippen LogP contribution < -0.4 is 4.74 Å². The highest BCUT2D eigenvalue weighted by atomic mass is 16.6. The normalized spacial score (nSPS) is 17.9. The number of aryl methyl sites for hydroxylation is 1. The lowest BCUT2D eigenvalue weighted by atomic mass is 9.91. The number of hydrogen-bond donors (Lipinski definition) is 1. The zero-order chi connectivity index (χ0) is 24.3. The van der Waals surface area contributed by atoms with Crippen LogP contribution in [0.4, 0.5) is 4.79 Å². The maximum absolute atomic E-state index is 12.3. The molecule has 2 fully saturated rings. The summed E-state index contributed by atoms with van der Waals surface area (Å²) >= 11 is 0. The number of likely N-dealkylation sites (tertiary alicyclic amines) is 1. The van der Waals surface area contributed by atoms with E-state index >= 15 is 0 Å². The number of piperidine rings is 1. The molecule has 0 radical (unpaired) electrons. The van der Waals surface area contributed by atoms with Gasteiger partial charge in [0.25, 0.3) is 0 Å². The molecule has 0 atom stereocenters. The number of aliphatic hydroxyl groups excluding tert-OH is 1. The first-order chi connectivity index (χ1) is 16.2. The number of aromatic nitrogens is 1. The largest absolute Gasteiger partial charge is 0.491 e. The minimum Gasteiger partial charge on any atom is -0.491 e. The Bertz CT molecular complexity index is 1080. The van der Waals surface area contributed by atoms with Crippen LogP contribution >= 0.6 is 0 Å². The van der Waals surface area contributed by atoms with Crippen LogP contribution in [0.3, 0.4) is 0 Å². The van der Waals surface area contributed by atoms with Gasteiger partial charge in [-0.05, 0) is 84.3 Å². The Morgan fingerprint density at radius 1 is 1.29 bits per heavy atom. The van der Waals surface area contributed by atoms with E-state index in [9.17, 15) is 9.90 Å². The summed E-state index contributed by atoms with van der Waals surface area (Å²) in [6.07, 6.45) is 5.56. The van der Waals surface area contributed by atoms with Crippen molar-refractivity contribution in [2.75, 3.05) is 19.7 Å². The zero-order valence-corrected chi connectivity index (χ0v) is 20.8. The fraction of sp³-hybridized carbons (Fsp3) is 0.630. The van der Waals surface area contributed by atoms with Crippen molar-refractivity contribution in [3.05, 3.63) is 23.4 Å². The summed E-state index contributed by atoms with van der Waals surface area (Å²) in [7, 11) is 0. The highest BCUT2D eigenvalue weighted by Crippen LogP contribution is 2.45. The molecule has 184 valence electrons. The van der Waals surface area contributed by atoms with Gasteiger partial charge in [-0.3, -0.25) is 0 Å². The molecule has 1 aliphatic carbocycles. The number of ether oxygens (including phenoxy) is 2. The van der Waals surface area contributed by atoms with E-state index < -0.39 is 5.60 Å². The van der Waals surface area contributed by atoms with E-state index in [4.69, 9.17) is 14.0 Å². The maximum atomic E-state index is 12.3. The number of aliphatic hydroxyl groups is 1. The molecule has 0 bridgehead atoms. The molecule has 1 saturated carbocycles. The third kappa shape index (κ3) is 5.67. The fourth-order valence-corrected chi connectivity index (χ4v) is 4.57. The minimum absolute atomic E-state index is 0.0396. The molecule has 1 amide bonds. The molecule has 0 unspecified atom stereocenters. The predicted octanol–water partition coefficient (Wildman–Crippen LogP) is 5.08. The molecular weight excluding hydrogens is 432 g/mol. The lowest BCUT2D eigenvalue weighted by Gasteiger charge is -2.33. The number of hydrogen-bond acceptors (Lipinski definition) is 6. The molecule has 2 aromatic rings. The van der Waals surface area contributed by atoms with Crippen LogP contribution in [0.5, 0.6) is 5.75 Å². The summed E-state index contributed by atoms with van der Waals surface area (Å²) in [6.45, 7) is 9.32. The second-order valence-electron chi connectivity index (χ2n) is 10.6. The first-order valence-corrected chi connectivity index (χ1v) is 12.3. The van der Waals surface area contributed by atoms with E-state index in [1.54, 1.807) is 4.90 Å². The Morgan fingerprint density at radius 3 is 2.65 bits per heavy atom. The number of rotatable bonds is 7. The van der Waals surface area contributed by atoms with Crippen molar-refractivity contribution in [2.45, 2.75) is 78.4 Å². The molecule has 7 heteroatoms. The topological polar surface area (TPSA) is 85.0 Å². The third-order valence-electron chi connectivity index (χ3n) is 6.74. The van der Waals surface area contributed by atoms with E-state index in [1.165, 1.54) is 0 Å². The highest BCUT2D eigenvalue weighted by molar-refractivity contribution is 5.84. The van der Waals surface area contributed by atoms with Crippen LogP contribution in [0, 0.1) is 23.2 Å². The van der Waals surface area contributed by atoms with Gasteiger partial charge in [0.2, 0.25) is 0 Å². The van der Waals surface area contributed by atoms with Crippen molar-refractivity contribution in [3.8, 4) is 17.6 Å². The van der Waals surface area contributed by atoms with Crippen LogP contribution in [0.2, 0.25) is 0 Å². The van der Waals surface area contributed by atoms with Gasteiger partial charge in [-0.25, -0.2) is 4.79 Å². The summed E-state index contributed by atoms with van der Waals surface area (Å²) in [5.41, 5.74) is 1.63. The fourth-order valence-electron chi connectivity index (χ4n) is 4.57. The number of carbonyl (C=O) groups excluding carboxylic acids is 1. The molecule has 1 N–H and O–H groups in total. The van der Waals surface area contributed by atoms with Crippen LogP contribution in [-0.2, 0) is 17.8 Å². The second-order valence-corrected chi connectivity index (χ2v) is 10.6. The van der Waals surface area contributed by atoms with E-state index in [2.05, 4.69) is 17.0 Å². The lowest BCUT2D eigenvalue weighted by Crippen LogP contribution is -2.41. The van der Waals surface area contributed by atoms with Gasteiger partial charge in [-0.2, -0.15) is 0 Å². The Kier molecular flexibility index (Phi) is 7.09. The quantitative estimate of drug-likeness (QED) is 0.570. The van der Waals surface area contributed by atoms with Crippen LogP contribution in [0.25, 0.3) is 11.0 Å². The van der Waals surface area contributed by atoms with Crippen molar-refractivity contribution < 1.29 is 23.9 Å². The van der Waals surface area contributed by atoms with Crippen molar-refractivity contribution in [1.82, 2.24) is 10.1 Å². The summed E-state index contributed by atoms with van der Waals surface area (Å²) in [5.74, 6) is 7.40. The van der Waals surface area contributed by atoms with Gasteiger partial charge in [0, 0.05) is 18.5 Å². The van der Waals surface area contributed by atoms with Gasteiger partial charge in [-0.1, -0.05) is 11.1 Å². The third-order valence-corrected chi connectivity index (χ3v) is 6.74. The molecular formula is C27H36N2O5. The highest BCUT2D eigenvalue weighted by Gasteiger charge is 2.42. The van der Waals surface area contributed by atoms with Crippen molar-refractivity contribution >= 4 is 17.1 Å². The van der Waals surface area contributed by atoms with Crippen molar-refractivity contribution in [3.63, 3.8) is 0 Å². The summed E-state index contributed by atoms with van der Waals surface area (Å²) < 4.78 is 17.2. The number of fused-ring (bicyclic) bond motifs is 1. The van der Waals surface area contributed by atoms with Gasteiger partial charge in [0.15, 0.2) is 5.58 Å². The van der Waals surface area contributed by atoms with Gasteiger partial charge in [-0.15, -0.1) is 5.92 Å². The van der Waals surface area contributed by atoms with E-state index in [0.717, 1.165) is 62.7 Å². The first-order valence-electron chi connectivity index (χ1n) is 12.3. The number of carbonyl (C=O) groups is 1. The standard InChI is InChI=1S/C27H36N2O5/c1-5-12-27(13-14-27)18-32-23-9-7-20-22(28-34-24(20)21(23)17-30)8-6-19-10-15-29(16-11-19)25(31)33-26(2,3)4/h7,9,19,30H,6,8,10-11,13-18H2,1-4H3. The Labute approximate surface area is 201 Å². The van der Waals surface area contributed by atoms with Gasteiger partial charge in [0.1, 0.15) is 18.0 Å². The summed E-state index contributed by atoms with van der Waals surface area (Å²) in [5, 5.41) is 15.3. The molecule has 1 aromatic carbocycles. The molecule has 4 rings (SSSR count). The van der Waals surface area contributed by atoms with Gasteiger partial charge >= 0.3 is 6.09 Å². The minimum atomic E-state index is -0.469. The number of amides is 1. The van der Waals surface area contributed by atoms with Crippen molar-refractivity contribution in [2.24, 2.45) is 11.3 Å². The van der Waals surface area contributed by atoms with E-state index in [-0.39, 0.29) is 18.1 Å². The molecule has 34 heavy (non-hydrogen) atoms. The SMILES string of the molecule is CC#CC1(COc2ccc3c(CCC4CCN(C(=O)OC(C)(C)C)CC4)noc3c2CO)CC1. The molecule has 1 saturated heterocycles. The lowest BCUT2D eigenvalue weighted by molar-refractivity contribution is 0.0181. The van der Waals surface area contributed by atoms with Crippen LogP contribution in [-0.4, -0.2) is 46.6 Å². The summed E-state index contributed by atoms with van der Waals surface area (Å²) in [6, 6.07) is 3.88. The average Bonchev–Trinajstić information content (AvgIpc) is 3.44. The number of nitrogens with zero attached hydrogens (tertiary/aromatic N) is 2. The molecule has 2 heterocycles. The average molecular weight is 469 g/mol. The molecule has 2 aliphatic rings. The second kappa shape index (κ2) is 9.87. The van der Waals surface area contributed by atoms with E-state index in [0.29, 0.717) is 29.4 Å². The zero-order valence-electron chi connectivity index (χ0n) is 20.8. The maximum Gasteiger partial charge on any atom is 0.410 e. The van der Waals surface area contributed by atoms with Crippen LogP contribution in [0.15, 0.2) is 16.7 Å². The predicted molar refractivity (Wildman–Crippen MR) is 129 cm³/mol. The van der Waals surface area contributed by atoms with E-state index in [1.807, 2.05) is 39.8 Å².